The lowest BCUT2D eigenvalue weighted by atomic mass is 10.3. The molecule has 0 unspecified atom stereocenters. The summed E-state index contributed by atoms with van der Waals surface area (Å²) in [4.78, 5) is 18.3. The minimum absolute atomic E-state index is 0.210. The first kappa shape index (κ1) is 13.9. The number of nitrogens with zero attached hydrogens (tertiary/aromatic N) is 4. The molecule has 1 amide bonds. The van der Waals surface area contributed by atoms with Crippen molar-refractivity contribution in [1.29, 1.82) is 0 Å². The van der Waals surface area contributed by atoms with E-state index in [1.54, 1.807) is 35.4 Å². The fourth-order valence-electron chi connectivity index (χ4n) is 1.89. The Morgan fingerprint density at radius 3 is 2.76 bits per heavy atom. The van der Waals surface area contributed by atoms with Crippen molar-refractivity contribution in [3.05, 3.63) is 52.3 Å². The van der Waals surface area contributed by atoms with E-state index >= 15 is 0 Å². The van der Waals surface area contributed by atoms with Crippen molar-refractivity contribution in [2.75, 3.05) is 7.05 Å². The molecule has 3 rings (SSSR count). The number of amides is 1. The van der Waals surface area contributed by atoms with Crippen LogP contribution in [0.5, 0.6) is 0 Å². The van der Waals surface area contributed by atoms with Crippen LogP contribution >= 0.6 is 22.9 Å². The Morgan fingerprint density at radius 2 is 2.05 bits per heavy atom. The second kappa shape index (κ2) is 5.75. The van der Waals surface area contributed by atoms with E-state index in [-0.39, 0.29) is 16.8 Å². The second-order valence-electron chi connectivity index (χ2n) is 4.48. The normalized spacial score (nSPS) is 10.8. The molecule has 0 bridgehead atoms. The predicted molar refractivity (Wildman–Crippen MR) is 82.5 cm³/mol. The Morgan fingerprint density at radius 1 is 1.24 bits per heavy atom. The summed E-state index contributed by atoms with van der Waals surface area (Å²) in [5.74, 6) is -0.210. The molecule has 5 nitrogen and oxygen atoms in total. The van der Waals surface area contributed by atoms with E-state index in [0.29, 0.717) is 6.54 Å². The molecule has 7 heteroatoms. The number of para-hydroxylation sites is 1. The third kappa shape index (κ3) is 3.01. The van der Waals surface area contributed by atoms with Gasteiger partial charge in [0.05, 0.1) is 16.8 Å². The highest BCUT2D eigenvalue weighted by atomic mass is 35.5. The lowest BCUT2D eigenvalue weighted by Gasteiger charge is -2.14. The first-order valence-electron chi connectivity index (χ1n) is 6.22. The maximum absolute atomic E-state index is 12.2. The minimum atomic E-state index is -0.210. The number of benzene rings is 1. The number of fused-ring (bicyclic) bond motifs is 1. The molecular formula is C14H11ClN4OS. The Labute approximate surface area is 130 Å². The number of carbonyl (C=O) groups is 1. The zero-order valence-corrected chi connectivity index (χ0v) is 12.7. The fourth-order valence-corrected chi connectivity index (χ4v) is 3.01. The Hall–Kier alpha value is -2.05. The minimum Gasteiger partial charge on any atom is -0.334 e. The third-order valence-electron chi connectivity index (χ3n) is 2.91. The number of thiazole rings is 1. The topological polar surface area (TPSA) is 59.0 Å². The molecule has 0 atom stereocenters. The van der Waals surface area contributed by atoms with Gasteiger partial charge in [-0.1, -0.05) is 23.7 Å². The Kier molecular flexibility index (Phi) is 3.81. The summed E-state index contributed by atoms with van der Waals surface area (Å²) in [5.41, 5.74) is 1.22. The smallest absolute Gasteiger partial charge is 0.274 e. The number of rotatable bonds is 3. The van der Waals surface area contributed by atoms with Gasteiger partial charge in [0.25, 0.3) is 5.91 Å². The number of hydrogen-bond donors (Lipinski definition) is 0. The van der Waals surface area contributed by atoms with Crippen molar-refractivity contribution >= 4 is 39.1 Å². The molecule has 0 aliphatic heterocycles. The van der Waals surface area contributed by atoms with Crippen molar-refractivity contribution in [2.24, 2.45) is 0 Å². The summed E-state index contributed by atoms with van der Waals surface area (Å²) < 4.78 is 1.11. The van der Waals surface area contributed by atoms with Crippen LogP contribution in [0.2, 0.25) is 5.15 Å². The van der Waals surface area contributed by atoms with Gasteiger partial charge in [-0.15, -0.1) is 21.5 Å². The SMILES string of the molecule is CN(Cc1nc2ccccc2s1)C(=O)c1ccc(Cl)nn1. The largest absolute Gasteiger partial charge is 0.334 e. The molecule has 2 heterocycles. The highest BCUT2D eigenvalue weighted by molar-refractivity contribution is 7.18. The molecule has 0 aliphatic rings. The number of hydrogen-bond acceptors (Lipinski definition) is 5. The molecule has 106 valence electrons. The lowest BCUT2D eigenvalue weighted by molar-refractivity contribution is 0.0778. The maximum Gasteiger partial charge on any atom is 0.274 e. The van der Waals surface area contributed by atoms with Gasteiger partial charge in [-0.3, -0.25) is 4.79 Å². The van der Waals surface area contributed by atoms with Gasteiger partial charge in [0, 0.05) is 7.05 Å². The molecule has 0 saturated carbocycles. The van der Waals surface area contributed by atoms with Crippen LogP contribution in [0.4, 0.5) is 0 Å². The molecule has 2 aromatic heterocycles. The van der Waals surface area contributed by atoms with Gasteiger partial charge in [0.2, 0.25) is 0 Å². The highest BCUT2D eigenvalue weighted by Crippen LogP contribution is 2.22. The third-order valence-corrected chi connectivity index (χ3v) is 4.13. The molecule has 0 saturated heterocycles. The molecule has 0 radical (unpaired) electrons. The monoisotopic (exact) mass is 318 g/mol. The van der Waals surface area contributed by atoms with Gasteiger partial charge in [-0.05, 0) is 24.3 Å². The molecule has 0 spiro atoms. The van der Waals surface area contributed by atoms with Crippen molar-refractivity contribution in [1.82, 2.24) is 20.1 Å². The number of carbonyl (C=O) groups excluding carboxylic acids is 1. The summed E-state index contributed by atoms with van der Waals surface area (Å²) in [6, 6.07) is 11.0. The summed E-state index contributed by atoms with van der Waals surface area (Å²) >= 11 is 7.24. The van der Waals surface area contributed by atoms with E-state index < -0.39 is 0 Å². The van der Waals surface area contributed by atoms with Crippen molar-refractivity contribution in [2.45, 2.75) is 6.54 Å². The van der Waals surface area contributed by atoms with E-state index in [9.17, 15) is 4.79 Å². The highest BCUT2D eigenvalue weighted by Gasteiger charge is 2.15. The van der Waals surface area contributed by atoms with Crippen LogP contribution in [0.15, 0.2) is 36.4 Å². The van der Waals surface area contributed by atoms with Crippen LogP contribution in [-0.4, -0.2) is 33.0 Å². The van der Waals surface area contributed by atoms with Crippen LogP contribution in [0.25, 0.3) is 10.2 Å². The van der Waals surface area contributed by atoms with Gasteiger partial charge in [-0.25, -0.2) is 4.98 Å². The molecule has 0 fully saturated rings. The van der Waals surface area contributed by atoms with E-state index in [0.717, 1.165) is 15.2 Å². The van der Waals surface area contributed by atoms with Gasteiger partial charge in [-0.2, -0.15) is 0 Å². The van der Waals surface area contributed by atoms with E-state index in [4.69, 9.17) is 11.6 Å². The maximum atomic E-state index is 12.2. The van der Waals surface area contributed by atoms with Gasteiger partial charge in [0.1, 0.15) is 5.01 Å². The van der Waals surface area contributed by atoms with Crippen LogP contribution in [-0.2, 0) is 6.54 Å². The average Bonchev–Trinajstić information content (AvgIpc) is 2.89. The molecule has 1 aromatic carbocycles. The van der Waals surface area contributed by atoms with Crippen molar-refractivity contribution in [3.63, 3.8) is 0 Å². The van der Waals surface area contributed by atoms with E-state index in [1.165, 1.54) is 0 Å². The number of aromatic nitrogens is 3. The zero-order chi connectivity index (χ0) is 14.8. The van der Waals surface area contributed by atoms with Crippen LogP contribution in [0.1, 0.15) is 15.5 Å². The standard InChI is InChI=1S/C14H11ClN4OS/c1-19(14(20)10-6-7-12(15)18-17-10)8-13-16-9-4-2-3-5-11(9)21-13/h2-7H,8H2,1H3. The molecule has 3 aromatic rings. The Bertz CT molecular complexity index is 754. The van der Waals surface area contributed by atoms with Gasteiger partial charge < -0.3 is 4.90 Å². The first-order chi connectivity index (χ1) is 10.1. The summed E-state index contributed by atoms with van der Waals surface area (Å²) in [6.07, 6.45) is 0. The van der Waals surface area contributed by atoms with Crippen LogP contribution in [0, 0.1) is 0 Å². The Balaban J connectivity index is 1.77. The quantitative estimate of drug-likeness (QED) is 0.745. The molecular weight excluding hydrogens is 308 g/mol. The summed E-state index contributed by atoms with van der Waals surface area (Å²) in [5, 5.41) is 8.62. The summed E-state index contributed by atoms with van der Waals surface area (Å²) in [7, 11) is 1.71. The predicted octanol–water partition coefficient (Wildman–Crippen LogP) is 3.01. The average molecular weight is 319 g/mol. The van der Waals surface area contributed by atoms with Crippen molar-refractivity contribution in [3.8, 4) is 0 Å². The lowest BCUT2D eigenvalue weighted by Crippen LogP contribution is -2.27. The fraction of sp³-hybridized carbons (Fsp3) is 0.143. The zero-order valence-electron chi connectivity index (χ0n) is 11.2. The summed E-state index contributed by atoms with van der Waals surface area (Å²) in [6.45, 7) is 0.433. The molecule has 0 aliphatic carbocycles. The second-order valence-corrected chi connectivity index (χ2v) is 5.98. The van der Waals surface area contributed by atoms with Crippen LogP contribution in [0.3, 0.4) is 0 Å². The van der Waals surface area contributed by atoms with E-state index in [1.807, 2.05) is 24.3 Å². The van der Waals surface area contributed by atoms with Crippen LogP contribution < -0.4 is 0 Å². The first-order valence-corrected chi connectivity index (χ1v) is 7.42. The molecule has 0 N–H and O–H groups in total. The number of halogens is 1. The molecule has 21 heavy (non-hydrogen) atoms. The van der Waals surface area contributed by atoms with E-state index in [2.05, 4.69) is 15.2 Å². The van der Waals surface area contributed by atoms with Crippen molar-refractivity contribution < 1.29 is 4.79 Å². The van der Waals surface area contributed by atoms with Gasteiger partial charge >= 0.3 is 0 Å². The van der Waals surface area contributed by atoms with Gasteiger partial charge in [0.15, 0.2) is 10.8 Å².